The summed E-state index contributed by atoms with van der Waals surface area (Å²) < 4.78 is 7.46. The molecule has 18 heavy (non-hydrogen) atoms. The highest BCUT2D eigenvalue weighted by atomic mass is 16.5. The summed E-state index contributed by atoms with van der Waals surface area (Å²) in [6.45, 7) is 4.15. The first kappa shape index (κ1) is 12.2. The van der Waals surface area contributed by atoms with Gasteiger partial charge in [0, 0.05) is 20.3 Å². The highest BCUT2D eigenvalue weighted by Gasteiger charge is 2.49. The molecular weight excluding hydrogens is 226 g/mol. The van der Waals surface area contributed by atoms with Crippen LogP contribution in [0.2, 0.25) is 0 Å². The van der Waals surface area contributed by atoms with Crippen molar-refractivity contribution in [3.63, 3.8) is 0 Å². The summed E-state index contributed by atoms with van der Waals surface area (Å²) in [6.07, 6.45) is 5.97. The largest absolute Gasteiger partial charge is 0.384 e. The molecule has 0 N–H and O–H groups in total. The van der Waals surface area contributed by atoms with Crippen molar-refractivity contribution in [2.75, 3.05) is 13.7 Å². The minimum absolute atomic E-state index is 0.812. The monoisotopic (exact) mass is 249 g/mol. The van der Waals surface area contributed by atoms with Crippen LogP contribution in [0.3, 0.4) is 0 Å². The van der Waals surface area contributed by atoms with E-state index < -0.39 is 0 Å². The zero-order valence-electron chi connectivity index (χ0n) is 11.4. The fraction of sp³-hybridized carbons (Fsp3) is 0.857. The first-order valence-electron chi connectivity index (χ1n) is 7.25. The summed E-state index contributed by atoms with van der Waals surface area (Å²) in [7, 11) is 1.82. The summed E-state index contributed by atoms with van der Waals surface area (Å²) >= 11 is 0. The Hall–Kier alpha value is -0.900. The molecule has 1 aromatic rings. The Bertz CT molecular complexity index is 415. The van der Waals surface area contributed by atoms with Crippen molar-refractivity contribution in [2.45, 2.75) is 45.6 Å². The van der Waals surface area contributed by atoms with Gasteiger partial charge in [-0.25, -0.2) is 4.68 Å². The molecule has 0 spiro atoms. The van der Waals surface area contributed by atoms with Crippen molar-refractivity contribution < 1.29 is 4.74 Å². The van der Waals surface area contributed by atoms with Gasteiger partial charge in [0.25, 0.3) is 0 Å². The van der Waals surface area contributed by atoms with Crippen LogP contribution in [0.15, 0.2) is 0 Å². The van der Waals surface area contributed by atoms with Crippen LogP contribution in [0.1, 0.15) is 37.6 Å². The predicted octanol–water partition coefficient (Wildman–Crippen LogP) is 2.08. The third-order valence-electron chi connectivity index (χ3n) is 4.65. The molecule has 2 aliphatic carbocycles. The van der Waals surface area contributed by atoms with Crippen LogP contribution in [0, 0.1) is 17.8 Å². The van der Waals surface area contributed by atoms with Gasteiger partial charge in [-0.2, -0.15) is 0 Å². The lowest BCUT2D eigenvalue weighted by Gasteiger charge is -2.09. The highest BCUT2D eigenvalue weighted by molar-refractivity contribution is 5.15. The molecule has 0 saturated heterocycles. The third-order valence-corrected chi connectivity index (χ3v) is 4.65. The highest BCUT2D eigenvalue weighted by Crippen LogP contribution is 2.52. The normalized spacial score (nSPS) is 30.2. The maximum atomic E-state index is 5.33. The first-order chi connectivity index (χ1) is 8.85. The van der Waals surface area contributed by atoms with Gasteiger partial charge < -0.3 is 4.74 Å². The molecule has 4 nitrogen and oxygen atoms in total. The molecule has 0 aliphatic heterocycles. The molecule has 4 heteroatoms. The number of nitrogens with zero attached hydrogens (tertiary/aromatic N) is 3. The van der Waals surface area contributed by atoms with Crippen LogP contribution in [0.5, 0.6) is 0 Å². The molecular formula is C14H23N3O. The van der Waals surface area contributed by atoms with Gasteiger partial charge in [0.15, 0.2) is 0 Å². The van der Waals surface area contributed by atoms with E-state index in [1.54, 1.807) is 0 Å². The Kier molecular flexibility index (Phi) is 3.37. The number of aromatic nitrogens is 3. The van der Waals surface area contributed by atoms with Crippen molar-refractivity contribution in [1.82, 2.24) is 15.0 Å². The molecule has 100 valence electrons. The molecule has 0 bridgehead atoms. The number of hydrogen-bond donors (Lipinski definition) is 0. The van der Waals surface area contributed by atoms with Crippen LogP contribution in [0.25, 0.3) is 0 Å². The Balaban J connectivity index is 1.71. The number of fused-ring (bicyclic) bond motifs is 2. The second-order valence-electron chi connectivity index (χ2n) is 5.73. The van der Waals surface area contributed by atoms with Crippen LogP contribution in [-0.2, 0) is 24.1 Å². The second-order valence-corrected chi connectivity index (χ2v) is 5.73. The van der Waals surface area contributed by atoms with Gasteiger partial charge in [0.2, 0.25) is 0 Å². The third kappa shape index (κ3) is 2.07. The summed E-state index contributed by atoms with van der Waals surface area (Å²) in [5.74, 6) is 2.59. The standard InChI is InChI=1S/C14H23N3O/c1-3-8-17-14-7-5-11-10(12(11)9-18-2)4-6-13(14)15-16-17/h10-12H,3-9H2,1-2H3. The zero-order valence-corrected chi connectivity index (χ0v) is 11.4. The molecule has 1 saturated carbocycles. The van der Waals surface area contributed by atoms with E-state index >= 15 is 0 Å². The fourth-order valence-corrected chi connectivity index (χ4v) is 3.65. The number of ether oxygens (including phenoxy) is 1. The average Bonchev–Trinajstić information content (AvgIpc) is 2.83. The Labute approximate surface area is 109 Å². The van der Waals surface area contributed by atoms with Crippen LogP contribution in [0.4, 0.5) is 0 Å². The van der Waals surface area contributed by atoms with Gasteiger partial charge in [-0.3, -0.25) is 0 Å². The van der Waals surface area contributed by atoms with E-state index in [9.17, 15) is 0 Å². The SMILES string of the molecule is CCCn1nnc2c1CCC1C(CC2)C1COC. The quantitative estimate of drug-likeness (QED) is 0.820. The fourth-order valence-electron chi connectivity index (χ4n) is 3.65. The van der Waals surface area contributed by atoms with E-state index in [1.807, 2.05) is 7.11 Å². The van der Waals surface area contributed by atoms with Crippen molar-refractivity contribution in [3.05, 3.63) is 11.4 Å². The average molecular weight is 249 g/mol. The van der Waals surface area contributed by atoms with Crippen molar-refractivity contribution in [3.8, 4) is 0 Å². The van der Waals surface area contributed by atoms with Gasteiger partial charge in [0.05, 0.1) is 11.4 Å². The van der Waals surface area contributed by atoms with E-state index in [4.69, 9.17) is 4.74 Å². The lowest BCUT2D eigenvalue weighted by atomic mass is 10.0. The van der Waals surface area contributed by atoms with Crippen LogP contribution < -0.4 is 0 Å². The molecule has 3 unspecified atom stereocenters. The second kappa shape index (κ2) is 5.00. The van der Waals surface area contributed by atoms with E-state index in [1.165, 1.54) is 24.2 Å². The molecule has 3 atom stereocenters. The molecule has 1 fully saturated rings. The minimum atomic E-state index is 0.812. The molecule has 1 aromatic heterocycles. The van der Waals surface area contributed by atoms with Gasteiger partial charge in [0.1, 0.15) is 0 Å². The lowest BCUT2D eigenvalue weighted by molar-refractivity contribution is 0.176. The predicted molar refractivity (Wildman–Crippen MR) is 69.3 cm³/mol. The first-order valence-corrected chi connectivity index (χ1v) is 7.25. The summed E-state index contributed by atoms with van der Waals surface area (Å²) in [5.41, 5.74) is 2.66. The summed E-state index contributed by atoms with van der Waals surface area (Å²) in [6, 6.07) is 0. The molecule has 3 rings (SSSR count). The molecule has 0 amide bonds. The number of aryl methyl sites for hydroxylation is 2. The van der Waals surface area contributed by atoms with E-state index in [-0.39, 0.29) is 0 Å². The molecule has 1 heterocycles. The van der Waals surface area contributed by atoms with E-state index in [0.29, 0.717) is 0 Å². The Morgan fingerprint density at radius 2 is 2.06 bits per heavy atom. The Morgan fingerprint density at radius 3 is 2.78 bits per heavy atom. The van der Waals surface area contributed by atoms with E-state index in [0.717, 1.165) is 50.2 Å². The van der Waals surface area contributed by atoms with Crippen LogP contribution in [-0.4, -0.2) is 28.7 Å². The topological polar surface area (TPSA) is 39.9 Å². The van der Waals surface area contributed by atoms with E-state index in [2.05, 4.69) is 21.9 Å². The number of rotatable bonds is 4. The lowest BCUT2D eigenvalue weighted by Crippen LogP contribution is -2.08. The van der Waals surface area contributed by atoms with Crippen molar-refractivity contribution in [2.24, 2.45) is 17.8 Å². The smallest absolute Gasteiger partial charge is 0.0859 e. The number of hydrogen-bond acceptors (Lipinski definition) is 3. The maximum absolute atomic E-state index is 5.33. The van der Waals surface area contributed by atoms with Crippen molar-refractivity contribution >= 4 is 0 Å². The van der Waals surface area contributed by atoms with Gasteiger partial charge >= 0.3 is 0 Å². The summed E-state index contributed by atoms with van der Waals surface area (Å²) in [4.78, 5) is 0. The molecule has 2 aliphatic rings. The molecule has 0 aromatic carbocycles. The van der Waals surface area contributed by atoms with Crippen LogP contribution >= 0.6 is 0 Å². The summed E-state index contributed by atoms with van der Waals surface area (Å²) in [5, 5.41) is 8.69. The van der Waals surface area contributed by atoms with Crippen molar-refractivity contribution in [1.29, 1.82) is 0 Å². The molecule has 0 radical (unpaired) electrons. The van der Waals surface area contributed by atoms with Gasteiger partial charge in [-0.15, -0.1) is 5.10 Å². The Morgan fingerprint density at radius 1 is 1.28 bits per heavy atom. The van der Waals surface area contributed by atoms with Gasteiger partial charge in [-0.05, 0) is 49.9 Å². The number of methoxy groups -OCH3 is 1. The maximum Gasteiger partial charge on any atom is 0.0859 e. The zero-order chi connectivity index (χ0) is 12.5. The minimum Gasteiger partial charge on any atom is -0.384 e. The van der Waals surface area contributed by atoms with Gasteiger partial charge in [-0.1, -0.05) is 12.1 Å².